The predicted octanol–water partition coefficient (Wildman–Crippen LogP) is 1.99. The van der Waals surface area contributed by atoms with E-state index in [2.05, 4.69) is 15.9 Å². The van der Waals surface area contributed by atoms with Crippen molar-refractivity contribution in [2.45, 2.75) is 23.5 Å². The zero-order valence-electron chi connectivity index (χ0n) is 8.35. The van der Waals surface area contributed by atoms with Gasteiger partial charge in [0.25, 0.3) is 0 Å². The first-order valence-electron chi connectivity index (χ1n) is 4.62. The molecule has 1 N–H and O–H groups in total. The Morgan fingerprint density at radius 1 is 1.33 bits per heavy atom. The fourth-order valence-corrected chi connectivity index (χ4v) is 3.06. The van der Waals surface area contributed by atoms with E-state index in [0.717, 1.165) is 4.47 Å². The van der Waals surface area contributed by atoms with Crippen LogP contribution in [0, 0.1) is 0 Å². The van der Waals surface area contributed by atoms with Gasteiger partial charge in [-0.3, -0.25) is 0 Å². The van der Waals surface area contributed by atoms with E-state index >= 15 is 0 Å². The second-order valence-electron chi connectivity index (χ2n) is 3.21. The van der Waals surface area contributed by atoms with Crippen molar-refractivity contribution >= 4 is 25.8 Å². The molecule has 0 saturated carbocycles. The Morgan fingerprint density at radius 2 is 1.87 bits per heavy atom. The second kappa shape index (κ2) is 5.09. The molecule has 0 aliphatic carbocycles. The summed E-state index contributed by atoms with van der Waals surface area (Å²) >= 11 is 3.24. The van der Waals surface area contributed by atoms with E-state index in [0.29, 0.717) is 6.42 Å². The minimum absolute atomic E-state index is 0.256. The molecule has 1 unspecified atom stereocenters. The number of rotatable bonds is 4. The van der Waals surface area contributed by atoms with Gasteiger partial charge in [0.05, 0.1) is 16.8 Å². The van der Waals surface area contributed by atoms with Gasteiger partial charge in [-0.15, -0.1) is 0 Å². The van der Waals surface area contributed by atoms with Crippen LogP contribution in [0.15, 0.2) is 33.6 Å². The minimum atomic E-state index is -3.39. The fraction of sp³-hybridized carbons (Fsp3) is 0.400. The van der Waals surface area contributed by atoms with Crippen LogP contribution < -0.4 is 0 Å². The Labute approximate surface area is 98.2 Å². The molecule has 0 heterocycles. The number of sulfone groups is 1. The van der Waals surface area contributed by atoms with Crippen molar-refractivity contribution in [3.63, 3.8) is 0 Å². The number of aliphatic hydroxyl groups excluding tert-OH is 1. The van der Waals surface area contributed by atoms with Crippen LogP contribution in [0.5, 0.6) is 0 Å². The van der Waals surface area contributed by atoms with Gasteiger partial charge in [0.2, 0.25) is 0 Å². The lowest BCUT2D eigenvalue weighted by Crippen LogP contribution is -2.24. The van der Waals surface area contributed by atoms with E-state index in [1.54, 1.807) is 19.1 Å². The highest BCUT2D eigenvalue weighted by Gasteiger charge is 2.24. The van der Waals surface area contributed by atoms with Gasteiger partial charge in [0.15, 0.2) is 9.84 Å². The van der Waals surface area contributed by atoms with Crippen LogP contribution in [0.3, 0.4) is 0 Å². The van der Waals surface area contributed by atoms with Gasteiger partial charge in [-0.1, -0.05) is 22.9 Å². The van der Waals surface area contributed by atoms with Gasteiger partial charge >= 0.3 is 0 Å². The highest BCUT2D eigenvalue weighted by atomic mass is 79.9. The summed E-state index contributed by atoms with van der Waals surface area (Å²) in [6.07, 6.45) is 0.412. The predicted molar refractivity (Wildman–Crippen MR) is 62.5 cm³/mol. The third-order valence-electron chi connectivity index (χ3n) is 2.24. The highest BCUT2D eigenvalue weighted by Crippen LogP contribution is 2.20. The number of hydrogen-bond donors (Lipinski definition) is 1. The zero-order valence-corrected chi connectivity index (χ0v) is 10.8. The number of halogens is 1. The smallest absolute Gasteiger partial charge is 0.183 e. The summed E-state index contributed by atoms with van der Waals surface area (Å²) in [6, 6.07) is 6.43. The molecule has 0 radical (unpaired) electrons. The van der Waals surface area contributed by atoms with Crippen molar-refractivity contribution in [1.82, 2.24) is 0 Å². The monoisotopic (exact) mass is 292 g/mol. The molecule has 0 aromatic heterocycles. The minimum Gasteiger partial charge on any atom is -0.395 e. The van der Waals surface area contributed by atoms with Crippen LogP contribution >= 0.6 is 15.9 Å². The summed E-state index contributed by atoms with van der Waals surface area (Å²) in [5.41, 5.74) is 0. The van der Waals surface area contributed by atoms with Crippen molar-refractivity contribution in [1.29, 1.82) is 0 Å². The first kappa shape index (κ1) is 12.7. The molecule has 0 spiro atoms. The molecule has 84 valence electrons. The van der Waals surface area contributed by atoms with E-state index in [4.69, 9.17) is 5.11 Å². The molecule has 1 rings (SSSR count). The summed E-state index contributed by atoms with van der Waals surface area (Å²) < 4.78 is 24.7. The number of aliphatic hydroxyl groups is 1. The van der Waals surface area contributed by atoms with Crippen LogP contribution in [0.4, 0.5) is 0 Å². The lowest BCUT2D eigenvalue weighted by Gasteiger charge is -2.12. The molecule has 5 heteroatoms. The molecule has 1 atom stereocenters. The molecule has 0 amide bonds. The van der Waals surface area contributed by atoms with Gasteiger partial charge in [-0.2, -0.15) is 0 Å². The van der Waals surface area contributed by atoms with Gasteiger partial charge < -0.3 is 5.11 Å². The molecule has 0 saturated heterocycles. The van der Waals surface area contributed by atoms with Crippen LogP contribution in [-0.4, -0.2) is 25.4 Å². The molecule has 15 heavy (non-hydrogen) atoms. The molecule has 0 bridgehead atoms. The van der Waals surface area contributed by atoms with Gasteiger partial charge in [0.1, 0.15) is 0 Å². The molecule has 1 aromatic rings. The maximum Gasteiger partial charge on any atom is 0.183 e. The first-order valence-corrected chi connectivity index (χ1v) is 6.96. The first-order chi connectivity index (χ1) is 7.02. The van der Waals surface area contributed by atoms with Crippen molar-refractivity contribution in [3.05, 3.63) is 28.7 Å². The van der Waals surface area contributed by atoms with E-state index in [1.165, 1.54) is 12.1 Å². The zero-order chi connectivity index (χ0) is 11.5. The Hall–Kier alpha value is -0.390. The third kappa shape index (κ3) is 2.80. The Morgan fingerprint density at radius 3 is 2.27 bits per heavy atom. The van der Waals surface area contributed by atoms with Gasteiger partial charge in [0, 0.05) is 4.47 Å². The van der Waals surface area contributed by atoms with Crippen molar-refractivity contribution in [2.75, 3.05) is 6.61 Å². The van der Waals surface area contributed by atoms with Gasteiger partial charge in [-0.25, -0.2) is 8.42 Å². The molecule has 0 fully saturated rings. The SMILES string of the molecule is CCC(CO)S(=O)(=O)c1ccc(Br)cc1. The Kier molecular flexibility index (Phi) is 4.31. The maximum absolute atomic E-state index is 11.9. The van der Waals surface area contributed by atoms with E-state index in [-0.39, 0.29) is 11.5 Å². The Balaban J connectivity index is 3.11. The van der Waals surface area contributed by atoms with Crippen LogP contribution in [0.25, 0.3) is 0 Å². The molecule has 0 aliphatic rings. The van der Waals surface area contributed by atoms with Crippen molar-refractivity contribution < 1.29 is 13.5 Å². The molecule has 0 aliphatic heterocycles. The largest absolute Gasteiger partial charge is 0.395 e. The van der Waals surface area contributed by atoms with Crippen molar-refractivity contribution in [2.24, 2.45) is 0 Å². The average molecular weight is 293 g/mol. The fourth-order valence-electron chi connectivity index (χ4n) is 1.26. The normalized spacial score (nSPS) is 13.8. The molecule has 3 nitrogen and oxygen atoms in total. The van der Waals surface area contributed by atoms with Crippen LogP contribution in [0.1, 0.15) is 13.3 Å². The summed E-state index contributed by atoms with van der Waals surface area (Å²) in [5, 5.41) is 8.28. The number of benzene rings is 1. The van der Waals surface area contributed by atoms with Crippen molar-refractivity contribution in [3.8, 4) is 0 Å². The standard InChI is InChI=1S/C10H13BrO3S/c1-2-9(7-12)15(13,14)10-5-3-8(11)4-6-10/h3-6,9,12H,2,7H2,1H3. The molecular formula is C10H13BrO3S. The summed E-state index contributed by atoms with van der Waals surface area (Å²) in [7, 11) is -3.39. The Bertz CT molecular complexity index is 407. The van der Waals surface area contributed by atoms with E-state index < -0.39 is 15.1 Å². The highest BCUT2D eigenvalue weighted by molar-refractivity contribution is 9.10. The number of hydrogen-bond acceptors (Lipinski definition) is 3. The van der Waals surface area contributed by atoms with E-state index in [1.807, 2.05) is 0 Å². The topological polar surface area (TPSA) is 54.4 Å². The van der Waals surface area contributed by atoms with Crippen LogP contribution in [0.2, 0.25) is 0 Å². The van der Waals surface area contributed by atoms with E-state index in [9.17, 15) is 8.42 Å². The molecular weight excluding hydrogens is 280 g/mol. The van der Waals surface area contributed by atoms with Gasteiger partial charge in [-0.05, 0) is 30.7 Å². The third-order valence-corrected chi connectivity index (χ3v) is 5.06. The molecule has 1 aromatic carbocycles. The maximum atomic E-state index is 11.9. The summed E-state index contributed by atoms with van der Waals surface area (Å²) in [6.45, 7) is 1.41. The summed E-state index contributed by atoms with van der Waals surface area (Å²) in [4.78, 5) is 0.256. The second-order valence-corrected chi connectivity index (χ2v) is 6.36. The quantitative estimate of drug-likeness (QED) is 0.923. The summed E-state index contributed by atoms with van der Waals surface area (Å²) in [5.74, 6) is 0. The average Bonchev–Trinajstić information content (AvgIpc) is 2.19. The lowest BCUT2D eigenvalue weighted by molar-refractivity contribution is 0.287. The lowest BCUT2D eigenvalue weighted by atomic mass is 10.3. The van der Waals surface area contributed by atoms with Crippen LogP contribution in [-0.2, 0) is 9.84 Å².